The Morgan fingerprint density at radius 3 is 3.05 bits per heavy atom. The van der Waals surface area contributed by atoms with Crippen LogP contribution < -0.4 is 0 Å². The SMILES string of the molecule is COC(=O)C1(C)C[C@H]2c3cccc4[nH]cc(c34)C[C@@H]2N(C)C1. The fraction of sp³-hybridized carbons (Fsp3) is 0.500. The van der Waals surface area contributed by atoms with Gasteiger partial charge in [-0.05, 0) is 44.0 Å². The number of nitrogens with zero attached hydrogens (tertiary/aromatic N) is 1. The second-order valence-corrected chi connectivity index (χ2v) is 7.13. The first-order valence-electron chi connectivity index (χ1n) is 7.91. The first-order valence-corrected chi connectivity index (χ1v) is 7.91. The number of likely N-dealkylation sites (N-methyl/N-ethyl adjacent to an activating group) is 1. The van der Waals surface area contributed by atoms with Crippen molar-refractivity contribution in [3.63, 3.8) is 0 Å². The number of ether oxygens (including phenoxy) is 1. The number of benzene rings is 1. The number of aromatic amines is 1. The number of esters is 1. The van der Waals surface area contributed by atoms with Gasteiger partial charge >= 0.3 is 5.97 Å². The molecule has 116 valence electrons. The zero-order chi connectivity index (χ0) is 15.5. The molecule has 0 spiro atoms. The molecule has 22 heavy (non-hydrogen) atoms. The predicted molar refractivity (Wildman–Crippen MR) is 85.9 cm³/mol. The molecule has 1 fully saturated rings. The number of hydrogen-bond donors (Lipinski definition) is 1. The van der Waals surface area contributed by atoms with Crippen LogP contribution in [0.2, 0.25) is 0 Å². The van der Waals surface area contributed by atoms with E-state index in [4.69, 9.17) is 4.74 Å². The van der Waals surface area contributed by atoms with E-state index in [1.54, 1.807) is 0 Å². The molecule has 4 heteroatoms. The third kappa shape index (κ3) is 1.76. The van der Waals surface area contributed by atoms with Crippen molar-refractivity contribution < 1.29 is 9.53 Å². The van der Waals surface area contributed by atoms with Crippen LogP contribution in [-0.2, 0) is 16.0 Å². The van der Waals surface area contributed by atoms with Gasteiger partial charge in [-0.2, -0.15) is 0 Å². The number of fused-ring (bicyclic) bond motifs is 2. The highest BCUT2D eigenvalue weighted by molar-refractivity contribution is 5.88. The molecule has 4 nitrogen and oxygen atoms in total. The molecule has 0 radical (unpaired) electrons. The number of piperidine rings is 1. The van der Waals surface area contributed by atoms with Crippen molar-refractivity contribution in [3.05, 3.63) is 35.5 Å². The molecule has 1 N–H and O–H groups in total. The third-order valence-electron chi connectivity index (χ3n) is 5.63. The smallest absolute Gasteiger partial charge is 0.312 e. The second kappa shape index (κ2) is 4.59. The van der Waals surface area contributed by atoms with Gasteiger partial charge in [0.2, 0.25) is 0 Å². The average Bonchev–Trinajstić information content (AvgIpc) is 2.92. The van der Waals surface area contributed by atoms with Crippen LogP contribution in [0, 0.1) is 5.41 Å². The number of H-pyrrole nitrogens is 1. The number of likely N-dealkylation sites (tertiary alicyclic amines) is 1. The van der Waals surface area contributed by atoms with Gasteiger partial charge in [0.1, 0.15) is 0 Å². The maximum Gasteiger partial charge on any atom is 0.312 e. The van der Waals surface area contributed by atoms with Crippen LogP contribution in [0.15, 0.2) is 24.4 Å². The summed E-state index contributed by atoms with van der Waals surface area (Å²) in [4.78, 5) is 18.0. The van der Waals surface area contributed by atoms with Crippen LogP contribution in [0.25, 0.3) is 10.9 Å². The van der Waals surface area contributed by atoms with E-state index in [9.17, 15) is 4.79 Å². The largest absolute Gasteiger partial charge is 0.469 e. The van der Waals surface area contributed by atoms with Crippen LogP contribution in [0.1, 0.15) is 30.4 Å². The van der Waals surface area contributed by atoms with Gasteiger partial charge in [-0.25, -0.2) is 0 Å². The van der Waals surface area contributed by atoms with Gasteiger partial charge in [-0.1, -0.05) is 12.1 Å². The third-order valence-corrected chi connectivity index (χ3v) is 5.63. The lowest BCUT2D eigenvalue weighted by molar-refractivity contribution is -0.156. The summed E-state index contributed by atoms with van der Waals surface area (Å²) in [6, 6.07) is 6.94. The van der Waals surface area contributed by atoms with Crippen LogP contribution in [0.5, 0.6) is 0 Å². The molecule has 1 aromatic carbocycles. The molecule has 4 rings (SSSR count). The Balaban J connectivity index is 1.83. The molecule has 3 atom stereocenters. The highest BCUT2D eigenvalue weighted by Crippen LogP contribution is 2.48. The monoisotopic (exact) mass is 298 g/mol. The Hall–Kier alpha value is -1.81. The van der Waals surface area contributed by atoms with Gasteiger partial charge in [0.05, 0.1) is 12.5 Å². The maximum atomic E-state index is 12.3. The average molecular weight is 298 g/mol. The summed E-state index contributed by atoms with van der Waals surface area (Å²) in [5.74, 6) is 0.291. The summed E-state index contributed by atoms with van der Waals surface area (Å²) in [5.41, 5.74) is 3.56. The van der Waals surface area contributed by atoms with E-state index in [0.29, 0.717) is 12.0 Å². The zero-order valence-electron chi connectivity index (χ0n) is 13.3. The summed E-state index contributed by atoms with van der Waals surface area (Å²) in [6.07, 6.45) is 4.06. The lowest BCUT2D eigenvalue weighted by atomic mass is 9.67. The summed E-state index contributed by atoms with van der Waals surface area (Å²) in [7, 11) is 3.63. The van der Waals surface area contributed by atoms with Crippen molar-refractivity contribution in [2.45, 2.75) is 31.7 Å². The molecule has 0 bridgehead atoms. The molecular weight excluding hydrogens is 276 g/mol. The number of nitrogens with one attached hydrogen (secondary N) is 1. The fourth-order valence-corrected chi connectivity index (χ4v) is 4.65. The molecule has 0 saturated carbocycles. The Morgan fingerprint density at radius 2 is 2.27 bits per heavy atom. The summed E-state index contributed by atoms with van der Waals surface area (Å²) in [5, 5.41) is 1.37. The number of aromatic nitrogens is 1. The van der Waals surface area contributed by atoms with Gasteiger partial charge in [-0.3, -0.25) is 4.79 Å². The topological polar surface area (TPSA) is 45.3 Å². The van der Waals surface area contributed by atoms with E-state index in [0.717, 1.165) is 19.4 Å². The molecule has 2 aromatic rings. The quantitative estimate of drug-likeness (QED) is 0.823. The van der Waals surface area contributed by atoms with E-state index in [-0.39, 0.29) is 5.97 Å². The fourth-order valence-electron chi connectivity index (χ4n) is 4.65. The Morgan fingerprint density at radius 1 is 1.45 bits per heavy atom. The number of rotatable bonds is 1. The van der Waals surface area contributed by atoms with Gasteiger partial charge in [0.25, 0.3) is 0 Å². The first kappa shape index (κ1) is 13.8. The number of carbonyl (C=O) groups is 1. The molecule has 1 aliphatic carbocycles. The van der Waals surface area contributed by atoms with Crippen molar-refractivity contribution in [1.82, 2.24) is 9.88 Å². The Labute approximate surface area is 130 Å². The number of hydrogen-bond acceptors (Lipinski definition) is 3. The molecule has 2 heterocycles. The molecular formula is C18H22N2O2. The predicted octanol–water partition coefficient (Wildman–Crippen LogP) is 2.69. The van der Waals surface area contributed by atoms with Crippen LogP contribution in [0.4, 0.5) is 0 Å². The van der Waals surface area contributed by atoms with E-state index < -0.39 is 5.41 Å². The van der Waals surface area contributed by atoms with E-state index in [1.807, 2.05) is 6.92 Å². The summed E-state index contributed by atoms with van der Waals surface area (Å²) >= 11 is 0. The van der Waals surface area contributed by atoms with E-state index in [2.05, 4.69) is 41.3 Å². The van der Waals surface area contributed by atoms with Crippen molar-refractivity contribution in [2.75, 3.05) is 20.7 Å². The van der Waals surface area contributed by atoms with Crippen molar-refractivity contribution in [3.8, 4) is 0 Å². The molecule has 1 aromatic heterocycles. The van der Waals surface area contributed by atoms with Gasteiger partial charge in [0, 0.05) is 35.6 Å². The summed E-state index contributed by atoms with van der Waals surface area (Å²) in [6.45, 7) is 2.80. The minimum Gasteiger partial charge on any atom is -0.469 e. The molecule has 1 aliphatic heterocycles. The molecule has 0 amide bonds. The minimum atomic E-state index is -0.430. The highest BCUT2D eigenvalue weighted by Gasteiger charge is 2.48. The summed E-state index contributed by atoms with van der Waals surface area (Å²) < 4.78 is 5.08. The van der Waals surface area contributed by atoms with Gasteiger partial charge < -0.3 is 14.6 Å². The normalized spacial score (nSPS) is 31.0. The maximum absolute atomic E-state index is 12.3. The van der Waals surface area contributed by atoms with Crippen LogP contribution in [-0.4, -0.2) is 42.6 Å². The lowest BCUT2D eigenvalue weighted by Gasteiger charge is -2.48. The van der Waals surface area contributed by atoms with Crippen LogP contribution in [0.3, 0.4) is 0 Å². The van der Waals surface area contributed by atoms with Crippen molar-refractivity contribution in [2.24, 2.45) is 5.41 Å². The second-order valence-electron chi connectivity index (χ2n) is 7.13. The van der Waals surface area contributed by atoms with E-state index in [1.165, 1.54) is 29.1 Å². The standard InChI is InChI=1S/C18H22N2O2/c1-18(17(21)22-3)8-13-12-5-4-6-14-16(12)11(9-19-14)7-15(13)20(2)10-18/h4-6,9,13,15,19H,7-8,10H2,1-3H3/t13-,15-,18?/m0/s1. The molecule has 1 unspecified atom stereocenters. The first-order chi connectivity index (χ1) is 10.5. The van der Waals surface area contributed by atoms with Crippen molar-refractivity contribution in [1.29, 1.82) is 0 Å². The van der Waals surface area contributed by atoms with E-state index >= 15 is 0 Å². The van der Waals surface area contributed by atoms with Crippen molar-refractivity contribution >= 4 is 16.9 Å². The van der Waals surface area contributed by atoms with Crippen LogP contribution >= 0.6 is 0 Å². The van der Waals surface area contributed by atoms with Gasteiger partial charge in [0.15, 0.2) is 0 Å². The molecule has 1 saturated heterocycles. The lowest BCUT2D eigenvalue weighted by Crippen LogP contribution is -2.54. The van der Waals surface area contributed by atoms with Gasteiger partial charge in [-0.15, -0.1) is 0 Å². The minimum absolute atomic E-state index is 0.0927. The number of carbonyl (C=O) groups excluding carboxylic acids is 1. The molecule has 2 aliphatic rings. The highest BCUT2D eigenvalue weighted by atomic mass is 16.5. The Bertz CT molecular complexity index is 751. The zero-order valence-corrected chi connectivity index (χ0v) is 13.3. The Kier molecular flexibility index (Phi) is 2.89. The number of methoxy groups -OCH3 is 1.